The van der Waals surface area contributed by atoms with Gasteiger partial charge in [-0.25, -0.2) is 4.79 Å². The summed E-state index contributed by atoms with van der Waals surface area (Å²) in [6.45, 7) is 2.02. The number of H-pyrrole nitrogens is 2. The summed E-state index contributed by atoms with van der Waals surface area (Å²) in [5, 5.41) is 4.37. The van der Waals surface area contributed by atoms with Crippen molar-refractivity contribution in [3.63, 3.8) is 0 Å². The molecule has 3 N–H and O–H groups in total. The summed E-state index contributed by atoms with van der Waals surface area (Å²) < 4.78 is 0. The van der Waals surface area contributed by atoms with Gasteiger partial charge in [-0.2, -0.15) is 0 Å². The van der Waals surface area contributed by atoms with Crippen LogP contribution in [-0.2, 0) is 0 Å². The SMILES string of the molecule is O=c1[nH]c2c(C3CCNCC3)nc3ccccc3c2[nH]1. The Bertz CT molecular complexity index is 827. The van der Waals surface area contributed by atoms with E-state index in [0.717, 1.165) is 53.6 Å². The molecule has 1 fully saturated rings. The molecule has 1 saturated heterocycles. The molecular formula is C15H16N4O. The molecule has 5 heteroatoms. The highest BCUT2D eigenvalue weighted by Gasteiger charge is 2.21. The van der Waals surface area contributed by atoms with Crippen molar-refractivity contribution in [2.24, 2.45) is 0 Å². The van der Waals surface area contributed by atoms with Crippen LogP contribution in [0.2, 0.25) is 0 Å². The Kier molecular flexibility index (Phi) is 2.60. The van der Waals surface area contributed by atoms with Crippen molar-refractivity contribution in [1.29, 1.82) is 0 Å². The van der Waals surface area contributed by atoms with E-state index in [9.17, 15) is 4.79 Å². The van der Waals surface area contributed by atoms with Crippen LogP contribution in [0.1, 0.15) is 24.5 Å². The molecule has 2 aromatic heterocycles. The average Bonchev–Trinajstić information content (AvgIpc) is 2.89. The third kappa shape index (κ3) is 1.74. The highest BCUT2D eigenvalue weighted by Crippen LogP contribution is 2.31. The van der Waals surface area contributed by atoms with Gasteiger partial charge < -0.3 is 15.3 Å². The first-order valence-corrected chi connectivity index (χ1v) is 7.04. The summed E-state index contributed by atoms with van der Waals surface area (Å²) in [7, 11) is 0. The molecule has 5 nitrogen and oxygen atoms in total. The maximum atomic E-state index is 11.7. The molecule has 1 aliphatic heterocycles. The number of hydrogen-bond acceptors (Lipinski definition) is 3. The molecular weight excluding hydrogens is 252 g/mol. The number of fused-ring (bicyclic) bond motifs is 3. The molecule has 4 rings (SSSR count). The number of nitrogens with zero attached hydrogens (tertiary/aromatic N) is 1. The number of para-hydroxylation sites is 1. The Hall–Kier alpha value is -2.14. The second-order valence-corrected chi connectivity index (χ2v) is 5.37. The summed E-state index contributed by atoms with van der Waals surface area (Å²) in [5.74, 6) is 0.412. The predicted molar refractivity (Wildman–Crippen MR) is 79.1 cm³/mol. The summed E-state index contributed by atoms with van der Waals surface area (Å²) in [6, 6.07) is 7.96. The predicted octanol–water partition coefficient (Wildman–Crippen LogP) is 1.87. The highest BCUT2D eigenvalue weighted by atomic mass is 16.1. The van der Waals surface area contributed by atoms with Crippen LogP contribution >= 0.6 is 0 Å². The zero-order valence-electron chi connectivity index (χ0n) is 11.1. The van der Waals surface area contributed by atoms with Crippen molar-refractivity contribution >= 4 is 21.9 Å². The number of benzene rings is 1. The van der Waals surface area contributed by atoms with Gasteiger partial charge in [-0.15, -0.1) is 0 Å². The number of pyridine rings is 1. The lowest BCUT2D eigenvalue weighted by Gasteiger charge is -2.22. The monoisotopic (exact) mass is 268 g/mol. The van der Waals surface area contributed by atoms with E-state index < -0.39 is 0 Å². The first-order valence-electron chi connectivity index (χ1n) is 7.04. The highest BCUT2D eigenvalue weighted by molar-refractivity contribution is 6.02. The van der Waals surface area contributed by atoms with E-state index >= 15 is 0 Å². The fourth-order valence-corrected chi connectivity index (χ4v) is 3.14. The van der Waals surface area contributed by atoms with Crippen LogP contribution in [0, 0.1) is 0 Å². The van der Waals surface area contributed by atoms with Gasteiger partial charge in [0.15, 0.2) is 0 Å². The maximum Gasteiger partial charge on any atom is 0.323 e. The molecule has 0 atom stereocenters. The van der Waals surface area contributed by atoms with Gasteiger partial charge in [-0.05, 0) is 32.0 Å². The molecule has 0 amide bonds. The van der Waals surface area contributed by atoms with Gasteiger partial charge in [0.05, 0.1) is 22.2 Å². The molecule has 1 aromatic carbocycles. The van der Waals surface area contributed by atoms with Crippen molar-refractivity contribution in [2.45, 2.75) is 18.8 Å². The van der Waals surface area contributed by atoms with Crippen LogP contribution in [0.4, 0.5) is 0 Å². The standard InChI is InChI=1S/C15H16N4O/c20-15-18-13-10-3-1-2-4-11(10)17-12(14(13)19-15)9-5-7-16-8-6-9/h1-4,9,16H,5-8H2,(H2,18,19,20). The molecule has 0 unspecified atom stereocenters. The van der Waals surface area contributed by atoms with Crippen molar-refractivity contribution in [2.75, 3.05) is 13.1 Å². The first kappa shape index (κ1) is 11.7. The van der Waals surface area contributed by atoms with Crippen LogP contribution in [-0.4, -0.2) is 28.0 Å². The topological polar surface area (TPSA) is 73.6 Å². The second kappa shape index (κ2) is 4.45. The van der Waals surface area contributed by atoms with Gasteiger partial charge >= 0.3 is 5.69 Å². The lowest BCUT2D eigenvalue weighted by atomic mass is 9.93. The summed E-state index contributed by atoms with van der Waals surface area (Å²) >= 11 is 0. The normalized spacial score (nSPS) is 17.0. The largest absolute Gasteiger partial charge is 0.323 e. The second-order valence-electron chi connectivity index (χ2n) is 5.37. The Morgan fingerprint density at radius 3 is 2.65 bits per heavy atom. The van der Waals surface area contributed by atoms with Gasteiger partial charge in [0.25, 0.3) is 0 Å². The Balaban J connectivity index is 2.04. The smallest absolute Gasteiger partial charge is 0.317 e. The number of hydrogen-bond donors (Lipinski definition) is 3. The number of aromatic amines is 2. The number of nitrogens with one attached hydrogen (secondary N) is 3. The molecule has 0 spiro atoms. The minimum Gasteiger partial charge on any atom is -0.317 e. The van der Waals surface area contributed by atoms with Gasteiger partial charge in [-0.3, -0.25) is 4.98 Å². The van der Waals surface area contributed by atoms with Crippen molar-refractivity contribution in [3.05, 3.63) is 40.4 Å². The zero-order chi connectivity index (χ0) is 13.5. The third-order valence-corrected chi connectivity index (χ3v) is 4.12. The third-order valence-electron chi connectivity index (χ3n) is 4.12. The average molecular weight is 268 g/mol. The lowest BCUT2D eigenvalue weighted by molar-refractivity contribution is 0.456. The summed E-state index contributed by atoms with van der Waals surface area (Å²) in [6.07, 6.45) is 2.13. The molecule has 20 heavy (non-hydrogen) atoms. The number of piperidine rings is 1. The fourth-order valence-electron chi connectivity index (χ4n) is 3.14. The van der Waals surface area contributed by atoms with E-state index in [-0.39, 0.29) is 5.69 Å². The van der Waals surface area contributed by atoms with Crippen LogP contribution in [0.5, 0.6) is 0 Å². The number of imidazole rings is 1. The Morgan fingerprint density at radius 1 is 1.05 bits per heavy atom. The van der Waals surface area contributed by atoms with E-state index in [2.05, 4.69) is 15.3 Å². The van der Waals surface area contributed by atoms with Crippen molar-refractivity contribution in [3.8, 4) is 0 Å². The lowest BCUT2D eigenvalue weighted by Crippen LogP contribution is -2.27. The molecule has 3 heterocycles. The first-order chi connectivity index (χ1) is 9.83. The fraction of sp³-hybridized carbons (Fsp3) is 0.333. The van der Waals surface area contributed by atoms with Crippen LogP contribution in [0.15, 0.2) is 29.1 Å². The zero-order valence-corrected chi connectivity index (χ0v) is 11.1. The van der Waals surface area contributed by atoms with Crippen molar-refractivity contribution in [1.82, 2.24) is 20.3 Å². The van der Waals surface area contributed by atoms with E-state index in [1.165, 1.54) is 0 Å². The summed E-state index contributed by atoms with van der Waals surface area (Å²) in [5.41, 5.74) is 3.57. The molecule has 0 saturated carbocycles. The van der Waals surface area contributed by atoms with E-state index in [4.69, 9.17) is 4.98 Å². The van der Waals surface area contributed by atoms with Crippen LogP contribution in [0.3, 0.4) is 0 Å². The van der Waals surface area contributed by atoms with Crippen molar-refractivity contribution < 1.29 is 0 Å². The molecule has 102 valence electrons. The van der Waals surface area contributed by atoms with Gasteiger partial charge in [0.1, 0.15) is 0 Å². The Morgan fingerprint density at radius 2 is 1.80 bits per heavy atom. The Labute approximate surface area is 115 Å². The minimum absolute atomic E-state index is 0.159. The van der Waals surface area contributed by atoms with E-state index in [1.54, 1.807) is 0 Å². The number of rotatable bonds is 1. The van der Waals surface area contributed by atoms with Gasteiger partial charge in [-0.1, -0.05) is 18.2 Å². The minimum atomic E-state index is -0.159. The maximum absolute atomic E-state index is 11.7. The van der Waals surface area contributed by atoms with Gasteiger partial charge in [0.2, 0.25) is 0 Å². The number of aromatic nitrogens is 3. The molecule has 1 aliphatic rings. The van der Waals surface area contributed by atoms with Gasteiger partial charge in [0, 0.05) is 11.3 Å². The quantitative estimate of drug-likeness (QED) is 0.631. The summed E-state index contributed by atoms with van der Waals surface area (Å²) in [4.78, 5) is 22.4. The van der Waals surface area contributed by atoms with Crippen LogP contribution < -0.4 is 11.0 Å². The van der Waals surface area contributed by atoms with E-state index in [1.807, 2.05) is 24.3 Å². The molecule has 3 aromatic rings. The molecule has 0 radical (unpaired) electrons. The van der Waals surface area contributed by atoms with Crippen LogP contribution in [0.25, 0.3) is 21.9 Å². The molecule has 0 bridgehead atoms. The van der Waals surface area contributed by atoms with E-state index in [0.29, 0.717) is 5.92 Å². The molecule has 0 aliphatic carbocycles.